The largest absolute Gasteiger partial charge is 0.339 e. The number of halogens is 2. The van der Waals surface area contributed by atoms with Gasteiger partial charge in [-0.3, -0.25) is 19.3 Å². The van der Waals surface area contributed by atoms with E-state index < -0.39 is 16.5 Å². The van der Waals surface area contributed by atoms with Crippen molar-refractivity contribution in [3.8, 4) is 5.69 Å². The Balaban J connectivity index is 1.65. The fourth-order valence-electron chi connectivity index (χ4n) is 5.27. The summed E-state index contributed by atoms with van der Waals surface area (Å²) in [6, 6.07) is 12.1. The van der Waals surface area contributed by atoms with Gasteiger partial charge in [0.1, 0.15) is 24.0 Å². The van der Waals surface area contributed by atoms with Crippen molar-refractivity contribution in [1.29, 1.82) is 0 Å². The molecular formula is C30H33F2N5O3S. The van der Waals surface area contributed by atoms with Crippen LogP contribution in [0.15, 0.2) is 48.5 Å². The highest BCUT2D eigenvalue weighted by molar-refractivity contribution is 8.00. The summed E-state index contributed by atoms with van der Waals surface area (Å²) in [6.07, 6.45) is 0. The number of hydrogen-bond donors (Lipinski definition) is 0. The molecule has 8 nitrogen and oxygen atoms in total. The van der Waals surface area contributed by atoms with Crippen LogP contribution in [0.4, 0.5) is 14.6 Å². The first kappa shape index (κ1) is 28.8. The zero-order chi connectivity index (χ0) is 29.5. The number of carbonyl (C=O) groups excluding carboxylic acids is 3. The minimum absolute atomic E-state index is 0.0391. The van der Waals surface area contributed by atoms with Crippen molar-refractivity contribution >= 4 is 35.3 Å². The van der Waals surface area contributed by atoms with Crippen LogP contribution in [0, 0.1) is 11.6 Å². The third kappa shape index (κ3) is 5.86. The lowest BCUT2D eigenvalue weighted by Gasteiger charge is -2.35. The van der Waals surface area contributed by atoms with Crippen molar-refractivity contribution in [2.45, 2.75) is 38.4 Å². The summed E-state index contributed by atoms with van der Waals surface area (Å²) in [5.74, 6) is -0.886. The topological polar surface area (TPSA) is 78.8 Å². The molecule has 1 unspecified atom stereocenters. The molecule has 2 aliphatic heterocycles. The molecule has 0 N–H and O–H groups in total. The number of aromatic nitrogens is 2. The fourth-order valence-corrected chi connectivity index (χ4v) is 6.46. The predicted octanol–water partition coefficient (Wildman–Crippen LogP) is 4.31. The molecule has 0 spiro atoms. The Kier molecular flexibility index (Phi) is 7.91. The maximum absolute atomic E-state index is 14.4. The Morgan fingerprint density at radius 3 is 2.24 bits per heavy atom. The van der Waals surface area contributed by atoms with Crippen molar-refractivity contribution in [3.63, 3.8) is 0 Å². The first-order valence-corrected chi connectivity index (χ1v) is 14.6. The highest BCUT2D eigenvalue weighted by atomic mass is 32.2. The van der Waals surface area contributed by atoms with Crippen molar-refractivity contribution in [1.82, 2.24) is 19.6 Å². The van der Waals surface area contributed by atoms with Gasteiger partial charge in [0.15, 0.2) is 0 Å². The van der Waals surface area contributed by atoms with Gasteiger partial charge in [0.05, 0.1) is 22.4 Å². The summed E-state index contributed by atoms with van der Waals surface area (Å²) in [6.45, 7) is 8.91. The molecule has 0 bridgehead atoms. The highest BCUT2D eigenvalue weighted by Gasteiger charge is 2.40. The summed E-state index contributed by atoms with van der Waals surface area (Å²) in [4.78, 5) is 44.0. The summed E-state index contributed by atoms with van der Waals surface area (Å²) < 4.78 is 29.9. The van der Waals surface area contributed by atoms with Crippen molar-refractivity contribution < 1.29 is 23.2 Å². The quantitative estimate of drug-likeness (QED) is 0.459. The molecule has 0 radical (unpaired) electrons. The van der Waals surface area contributed by atoms with Gasteiger partial charge in [-0.25, -0.2) is 13.5 Å². The number of amides is 3. The van der Waals surface area contributed by atoms with E-state index in [1.165, 1.54) is 47.9 Å². The maximum atomic E-state index is 14.4. The number of fused-ring (bicyclic) bond motifs is 1. The van der Waals surface area contributed by atoms with Crippen LogP contribution in [0.5, 0.6) is 0 Å². The molecule has 1 saturated heterocycles. The molecule has 41 heavy (non-hydrogen) atoms. The third-order valence-electron chi connectivity index (χ3n) is 7.39. The van der Waals surface area contributed by atoms with Gasteiger partial charge in [0.2, 0.25) is 17.7 Å². The molecule has 11 heteroatoms. The molecule has 3 heterocycles. The molecular weight excluding hydrogens is 548 g/mol. The molecule has 1 fully saturated rings. The minimum atomic E-state index is -0.479. The van der Waals surface area contributed by atoms with E-state index in [0.717, 1.165) is 5.56 Å². The Morgan fingerprint density at radius 1 is 0.976 bits per heavy atom. The van der Waals surface area contributed by atoms with Gasteiger partial charge in [0.25, 0.3) is 0 Å². The van der Waals surface area contributed by atoms with Gasteiger partial charge in [0, 0.05) is 44.1 Å². The van der Waals surface area contributed by atoms with E-state index in [-0.39, 0.29) is 35.8 Å². The molecule has 3 aromatic rings. The van der Waals surface area contributed by atoms with E-state index >= 15 is 0 Å². The SMILES string of the molecule is CC(=O)N1CCN(C(=O)CN2C(=O)CSC(c3cccc(F)c3)c3c(C(C)(C)C)nn(-c4ccc(F)cc4)c32)CC1. The van der Waals surface area contributed by atoms with Crippen LogP contribution in [-0.4, -0.2) is 75.8 Å². The second-order valence-electron chi connectivity index (χ2n) is 11.3. The van der Waals surface area contributed by atoms with Gasteiger partial charge in [-0.1, -0.05) is 32.9 Å². The minimum Gasteiger partial charge on any atom is -0.339 e. The molecule has 1 atom stereocenters. The van der Waals surface area contributed by atoms with Crippen molar-refractivity contribution in [3.05, 3.63) is 77.0 Å². The Bertz CT molecular complexity index is 1480. The van der Waals surface area contributed by atoms with Crippen LogP contribution in [0.2, 0.25) is 0 Å². The average Bonchev–Trinajstić information content (AvgIpc) is 3.26. The monoisotopic (exact) mass is 581 g/mol. The molecule has 2 aliphatic rings. The third-order valence-corrected chi connectivity index (χ3v) is 8.65. The van der Waals surface area contributed by atoms with Crippen LogP contribution in [-0.2, 0) is 19.8 Å². The van der Waals surface area contributed by atoms with Crippen LogP contribution in [0.25, 0.3) is 5.69 Å². The lowest BCUT2D eigenvalue weighted by molar-refractivity contribution is -0.137. The van der Waals surface area contributed by atoms with Gasteiger partial charge >= 0.3 is 0 Å². The molecule has 1 aromatic heterocycles. The van der Waals surface area contributed by atoms with E-state index in [4.69, 9.17) is 5.10 Å². The fraction of sp³-hybridized carbons (Fsp3) is 0.400. The van der Waals surface area contributed by atoms with Crippen molar-refractivity contribution in [2.75, 3.05) is 43.4 Å². The lowest BCUT2D eigenvalue weighted by atomic mass is 9.87. The number of anilines is 1. The average molecular weight is 582 g/mol. The second-order valence-corrected chi connectivity index (χ2v) is 12.4. The van der Waals surface area contributed by atoms with E-state index in [9.17, 15) is 23.2 Å². The smallest absolute Gasteiger partial charge is 0.242 e. The van der Waals surface area contributed by atoms with Gasteiger partial charge in [-0.15, -0.1) is 11.8 Å². The summed E-state index contributed by atoms with van der Waals surface area (Å²) >= 11 is 1.37. The number of benzene rings is 2. The van der Waals surface area contributed by atoms with Crippen LogP contribution in [0.1, 0.15) is 49.8 Å². The van der Waals surface area contributed by atoms with Gasteiger partial charge in [-0.05, 0) is 42.0 Å². The van der Waals surface area contributed by atoms with E-state index in [1.54, 1.807) is 32.7 Å². The van der Waals surface area contributed by atoms with Gasteiger partial charge in [-0.2, -0.15) is 5.10 Å². The molecule has 0 aliphatic carbocycles. The number of piperazine rings is 1. The molecule has 216 valence electrons. The molecule has 0 saturated carbocycles. The predicted molar refractivity (Wildman–Crippen MR) is 154 cm³/mol. The number of rotatable bonds is 4. The molecule has 3 amide bonds. The van der Waals surface area contributed by atoms with Gasteiger partial charge < -0.3 is 9.80 Å². The van der Waals surface area contributed by atoms with Crippen LogP contribution < -0.4 is 4.90 Å². The zero-order valence-electron chi connectivity index (χ0n) is 23.6. The Labute approximate surface area is 242 Å². The molecule has 2 aromatic carbocycles. The number of carbonyl (C=O) groups is 3. The lowest BCUT2D eigenvalue weighted by Crippen LogP contribution is -2.53. The zero-order valence-corrected chi connectivity index (χ0v) is 24.4. The maximum Gasteiger partial charge on any atom is 0.242 e. The van der Waals surface area contributed by atoms with Crippen molar-refractivity contribution in [2.24, 2.45) is 0 Å². The highest BCUT2D eigenvalue weighted by Crippen LogP contribution is 2.48. The summed E-state index contributed by atoms with van der Waals surface area (Å²) in [5, 5.41) is 4.52. The number of nitrogens with zero attached hydrogens (tertiary/aromatic N) is 5. The summed E-state index contributed by atoms with van der Waals surface area (Å²) in [7, 11) is 0. The van der Waals surface area contributed by atoms with Crippen LogP contribution in [0.3, 0.4) is 0 Å². The van der Waals surface area contributed by atoms with E-state index in [2.05, 4.69) is 0 Å². The first-order valence-electron chi connectivity index (χ1n) is 13.5. The first-order chi connectivity index (χ1) is 19.4. The Hall–Kier alpha value is -3.73. The summed E-state index contributed by atoms with van der Waals surface area (Å²) in [5.41, 5.74) is 2.15. The Morgan fingerprint density at radius 2 is 1.63 bits per heavy atom. The van der Waals surface area contributed by atoms with E-state index in [0.29, 0.717) is 48.9 Å². The van der Waals surface area contributed by atoms with E-state index in [1.807, 2.05) is 26.8 Å². The standard InChI is InChI=1S/C30H33F2N5O3S/c1-19(38)34-12-14-35(15-13-34)24(39)17-36-25(40)18-41-27(20-6-5-7-22(32)16-20)26-28(30(2,3)4)33-37(29(26)36)23-10-8-21(31)9-11-23/h5-11,16,27H,12-15,17-18H2,1-4H3. The normalized spacial score (nSPS) is 17.9. The second kappa shape index (κ2) is 11.3. The number of thioether (sulfide) groups is 1. The molecule has 5 rings (SSSR count). The van der Waals surface area contributed by atoms with Crippen LogP contribution >= 0.6 is 11.8 Å². The number of hydrogen-bond acceptors (Lipinski definition) is 5.